The molecule has 6 nitrogen and oxygen atoms in total. The zero-order chi connectivity index (χ0) is 49.3. The predicted molar refractivity (Wildman–Crippen MR) is 294 cm³/mol. The van der Waals surface area contributed by atoms with Gasteiger partial charge in [-0.05, 0) is 19.3 Å². The van der Waals surface area contributed by atoms with Gasteiger partial charge in [0.25, 0.3) is 0 Å². The SMILES string of the molecule is CCCCCCCCCCCCCCCCCCCCCCCCCCCCC(=O)OCC(COC(=O)CCCCCCCCCCCC)OC(=O)CCCCCCCCCCCCCCCC. The molecule has 0 bridgehead atoms. The summed E-state index contributed by atoms with van der Waals surface area (Å²) in [6.07, 6.45) is 65.5. The molecule has 0 aromatic rings. The van der Waals surface area contributed by atoms with E-state index in [-0.39, 0.29) is 31.1 Å². The molecule has 0 aromatic carbocycles. The van der Waals surface area contributed by atoms with Gasteiger partial charge in [-0.2, -0.15) is 0 Å². The van der Waals surface area contributed by atoms with Crippen LogP contribution in [0.5, 0.6) is 0 Å². The lowest BCUT2D eigenvalue weighted by molar-refractivity contribution is -0.167. The van der Waals surface area contributed by atoms with Crippen molar-refractivity contribution in [2.75, 3.05) is 13.2 Å². The van der Waals surface area contributed by atoms with Gasteiger partial charge in [-0.25, -0.2) is 0 Å². The van der Waals surface area contributed by atoms with Crippen molar-refractivity contribution in [1.82, 2.24) is 0 Å². The molecule has 0 saturated heterocycles. The normalized spacial score (nSPS) is 11.9. The second-order valence-electron chi connectivity index (χ2n) is 21.3. The van der Waals surface area contributed by atoms with Crippen LogP contribution < -0.4 is 0 Å². The molecule has 0 fully saturated rings. The first-order chi connectivity index (χ1) is 33.5. The highest BCUT2D eigenvalue weighted by atomic mass is 16.6. The first kappa shape index (κ1) is 66.4. The van der Waals surface area contributed by atoms with E-state index in [9.17, 15) is 14.4 Å². The van der Waals surface area contributed by atoms with E-state index < -0.39 is 6.10 Å². The molecule has 0 N–H and O–H groups in total. The van der Waals surface area contributed by atoms with E-state index in [1.54, 1.807) is 0 Å². The molecule has 0 radical (unpaired) electrons. The van der Waals surface area contributed by atoms with E-state index in [1.165, 1.54) is 263 Å². The third-order valence-corrected chi connectivity index (χ3v) is 14.4. The number of carbonyl (C=O) groups is 3. The van der Waals surface area contributed by atoms with Gasteiger partial charge in [0.1, 0.15) is 13.2 Å². The zero-order valence-electron chi connectivity index (χ0n) is 46.4. The van der Waals surface area contributed by atoms with Crippen LogP contribution in [0.15, 0.2) is 0 Å². The van der Waals surface area contributed by atoms with E-state index in [4.69, 9.17) is 14.2 Å². The van der Waals surface area contributed by atoms with Gasteiger partial charge < -0.3 is 14.2 Å². The summed E-state index contributed by atoms with van der Waals surface area (Å²) in [5.74, 6) is -0.834. The largest absolute Gasteiger partial charge is 0.462 e. The highest BCUT2D eigenvalue weighted by molar-refractivity contribution is 5.71. The van der Waals surface area contributed by atoms with Crippen LogP contribution >= 0.6 is 0 Å². The molecule has 0 heterocycles. The number of unbranched alkanes of at least 4 members (excludes halogenated alkanes) is 47. The molecule has 1 atom stereocenters. The summed E-state index contributed by atoms with van der Waals surface area (Å²) in [6, 6.07) is 0. The third-order valence-electron chi connectivity index (χ3n) is 14.4. The fraction of sp³-hybridized carbons (Fsp3) is 0.952. The highest BCUT2D eigenvalue weighted by Gasteiger charge is 2.19. The summed E-state index contributed by atoms with van der Waals surface area (Å²) < 4.78 is 16.9. The molecular weight excluding hydrogens is 841 g/mol. The third kappa shape index (κ3) is 55.3. The molecule has 0 amide bonds. The van der Waals surface area contributed by atoms with E-state index in [1.807, 2.05) is 0 Å². The monoisotopic (exact) mass is 961 g/mol. The maximum absolute atomic E-state index is 12.8. The van der Waals surface area contributed by atoms with Crippen molar-refractivity contribution in [3.05, 3.63) is 0 Å². The Hall–Kier alpha value is -1.59. The molecule has 404 valence electrons. The first-order valence-electron chi connectivity index (χ1n) is 31.0. The van der Waals surface area contributed by atoms with E-state index in [0.29, 0.717) is 19.3 Å². The van der Waals surface area contributed by atoms with E-state index in [2.05, 4.69) is 20.8 Å². The Labute approximate surface area is 425 Å². The maximum atomic E-state index is 12.8. The van der Waals surface area contributed by atoms with Crippen molar-refractivity contribution in [3.8, 4) is 0 Å². The fourth-order valence-electron chi connectivity index (χ4n) is 9.68. The standard InChI is InChI=1S/C62H120O6/c1-4-7-10-13-16-19-22-24-26-27-28-29-30-31-32-33-34-35-36-37-39-40-43-46-49-52-55-61(64)67-58-59(57-66-60(63)54-51-48-45-42-21-18-15-12-9-6-3)68-62(65)56-53-50-47-44-41-38-25-23-20-17-14-11-8-5-2/h59H,4-58H2,1-3H3. The summed E-state index contributed by atoms with van der Waals surface area (Å²) in [6.45, 7) is 6.70. The Bertz CT molecular complexity index is 1010. The van der Waals surface area contributed by atoms with Crippen LogP contribution in [0.25, 0.3) is 0 Å². The smallest absolute Gasteiger partial charge is 0.306 e. The Balaban J connectivity index is 4.09. The van der Waals surface area contributed by atoms with Crippen molar-refractivity contribution in [2.45, 2.75) is 367 Å². The predicted octanol–water partition coefficient (Wildman–Crippen LogP) is 20.7. The number of rotatable bonds is 58. The number of esters is 3. The van der Waals surface area contributed by atoms with Crippen molar-refractivity contribution < 1.29 is 28.6 Å². The topological polar surface area (TPSA) is 78.9 Å². The van der Waals surface area contributed by atoms with Gasteiger partial charge in [-0.1, -0.05) is 323 Å². The zero-order valence-corrected chi connectivity index (χ0v) is 46.4. The van der Waals surface area contributed by atoms with Crippen LogP contribution in [0.1, 0.15) is 361 Å². The van der Waals surface area contributed by atoms with Gasteiger partial charge in [0.2, 0.25) is 0 Å². The number of carbonyl (C=O) groups excluding carboxylic acids is 3. The van der Waals surface area contributed by atoms with Gasteiger partial charge in [0.05, 0.1) is 0 Å². The molecule has 68 heavy (non-hydrogen) atoms. The average Bonchev–Trinajstić information content (AvgIpc) is 3.34. The van der Waals surface area contributed by atoms with Crippen molar-refractivity contribution in [2.24, 2.45) is 0 Å². The molecule has 0 saturated carbocycles. The summed E-state index contributed by atoms with van der Waals surface area (Å²) in [7, 11) is 0. The van der Waals surface area contributed by atoms with Crippen LogP contribution in [0.2, 0.25) is 0 Å². The molecule has 6 heteroatoms. The van der Waals surface area contributed by atoms with Crippen LogP contribution in [0, 0.1) is 0 Å². The van der Waals surface area contributed by atoms with Gasteiger partial charge in [0.15, 0.2) is 6.10 Å². The average molecular weight is 962 g/mol. The molecular formula is C62H120O6. The molecule has 0 rings (SSSR count). The van der Waals surface area contributed by atoms with Crippen molar-refractivity contribution in [1.29, 1.82) is 0 Å². The summed E-state index contributed by atoms with van der Waals surface area (Å²) in [5, 5.41) is 0. The van der Waals surface area contributed by atoms with Crippen LogP contribution in [-0.4, -0.2) is 37.2 Å². The van der Waals surface area contributed by atoms with Crippen molar-refractivity contribution in [3.63, 3.8) is 0 Å². The minimum atomic E-state index is -0.760. The summed E-state index contributed by atoms with van der Waals surface area (Å²) in [4.78, 5) is 38.1. The van der Waals surface area contributed by atoms with Crippen LogP contribution in [0.3, 0.4) is 0 Å². The summed E-state index contributed by atoms with van der Waals surface area (Å²) in [5.41, 5.74) is 0. The number of hydrogen-bond donors (Lipinski definition) is 0. The Kier molecular flexibility index (Phi) is 56.6. The molecule has 1 unspecified atom stereocenters. The van der Waals surface area contributed by atoms with Gasteiger partial charge in [-0.15, -0.1) is 0 Å². The molecule has 0 spiro atoms. The number of ether oxygens (including phenoxy) is 3. The van der Waals surface area contributed by atoms with Crippen molar-refractivity contribution >= 4 is 17.9 Å². The van der Waals surface area contributed by atoms with Gasteiger partial charge >= 0.3 is 17.9 Å². The lowest BCUT2D eigenvalue weighted by Gasteiger charge is -2.18. The molecule has 0 aromatic heterocycles. The van der Waals surface area contributed by atoms with E-state index in [0.717, 1.165) is 57.8 Å². The second-order valence-corrected chi connectivity index (χ2v) is 21.3. The quantitative estimate of drug-likeness (QED) is 0.0343. The lowest BCUT2D eigenvalue weighted by Crippen LogP contribution is -2.30. The fourth-order valence-corrected chi connectivity index (χ4v) is 9.68. The van der Waals surface area contributed by atoms with Gasteiger partial charge in [-0.3, -0.25) is 14.4 Å². The molecule has 0 aliphatic heterocycles. The molecule has 0 aliphatic rings. The Morgan fingerprint density at radius 2 is 0.397 bits per heavy atom. The highest BCUT2D eigenvalue weighted by Crippen LogP contribution is 2.18. The Morgan fingerprint density at radius 1 is 0.235 bits per heavy atom. The molecule has 0 aliphatic carbocycles. The Morgan fingerprint density at radius 3 is 0.588 bits per heavy atom. The second kappa shape index (κ2) is 58.0. The van der Waals surface area contributed by atoms with Crippen LogP contribution in [0.4, 0.5) is 0 Å². The minimum Gasteiger partial charge on any atom is -0.462 e. The summed E-state index contributed by atoms with van der Waals surface area (Å²) >= 11 is 0. The first-order valence-corrected chi connectivity index (χ1v) is 31.0. The maximum Gasteiger partial charge on any atom is 0.306 e. The van der Waals surface area contributed by atoms with Gasteiger partial charge in [0, 0.05) is 19.3 Å². The minimum absolute atomic E-state index is 0.0612. The lowest BCUT2D eigenvalue weighted by atomic mass is 10.0. The van der Waals surface area contributed by atoms with E-state index >= 15 is 0 Å². The van der Waals surface area contributed by atoms with Crippen LogP contribution in [-0.2, 0) is 28.6 Å². The number of hydrogen-bond acceptors (Lipinski definition) is 6.